The van der Waals surface area contributed by atoms with Gasteiger partial charge in [0.05, 0.1) is 6.10 Å². The van der Waals surface area contributed by atoms with Crippen LogP contribution in [0.3, 0.4) is 0 Å². The van der Waals surface area contributed by atoms with Gasteiger partial charge in [0.15, 0.2) is 0 Å². The van der Waals surface area contributed by atoms with E-state index in [-0.39, 0.29) is 12.4 Å². The minimum Gasteiger partial charge on any atom is -0.488 e. The SMILES string of the molecule is C[C@H](O)c1cc(Br)ccc1OCc1cc(F)ccc1Cl. The Bertz CT molecular complexity index is 617. The quantitative estimate of drug-likeness (QED) is 0.843. The maximum absolute atomic E-state index is 13.2. The highest BCUT2D eigenvalue weighted by Gasteiger charge is 2.11. The van der Waals surface area contributed by atoms with Crippen LogP contribution in [0.1, 0.15) is 24.2 Å². The van der Waals surface area contributed by atoms with Gasteiger partial charge in [0.1, 0.15) is 18.2 Å². The molecule has 0 heterocycles. The summed E-state index contributed by atoms with van der Waals surface area (Å²) in [6, 6.07) is 9.48. The highest BCUT2D eigenvalue weighted by molar-refractivity contribution is 9.10. The van der Waals surface area contributed by atoms with Crippen molar-refractivity contribution in [2.75, 3.05) is 0 Å². The van der Waals surface area contributed by atoms with Crippen molar-refractivity contribution in [3.8, 4) is 5.75 Å². The van der Waals surface area contributed by atoms with Crippen molar-refractivity contribution in [2.45, 2.75) is 19.6 Å². The average molecular weight is 360 g/mol. The van der Waals surface area contributed by atoms with E-state index in [1.54, 1.807) is 19.1 Å². The van der Waals surface area contributed by atoms with Crippen molar-refractivity contribution >= 4 is 27.5 Å². The molecular weight excluding hydrogens is 347 g/mol. The maximum Gasteiger partial charge on any atom is 0.125 e. The number of halogens is 3. The van der Waals surface area contributed by atoms with Gasteiger partial charge in [0.2, 0.25) is 0 Å². The summed E-state index contributed by atoms with van der Waals surface area (Å²) >= 11 is 9.33. The molecule has 106 valence electrons. The van der Waals surface area contributed by atoms with Crippen molar-refractivity contribution in [1.29, 1.82) is 0 Å². The van der Waals surface area contributed by atoms with Crippen LogP contribution in [0.4, 0.5) is 4.39 Å². The smallest absolute Gasteiger partial charge is 0.125 e. The van der Waals surface area contributed by atoms with Crippen LogP contribution in [0, 0.1) is 5.82 Å². The summed E-state index contributed by atoms with van der Waals surface area (Å²) < 4.78 is 19.7. The van der Waals surface area contributed by atoms with Crippen LogP contribution in [0.25, 0.3) is 0 Å². The standard InChI is InChI=1S/C15H13BrClFO2/c1-9(19)13-7-11(16)2-5-15(13)20-8-10-6-12(18)3-4-14(10)17/h2-7,9,19H,8H2,1H3/t9-/m0/s1. The summed E-state index contributed by atoms with van der Waals surface area (Å²) in [6.07, 6.45) is -0.662. The molecule has 0 saturated carbocycles. The normalized spacial score (nSPS) is 12.2. The van der Waals surface area contributed by atoms with E-state index < -0.39 is 6.10 Å². The minimum atomic E-state index is -0.662. The molecule has 5 heteroatoms. The Balaban J connectivity index is 2.20. The average Bonchev–Trinajstić information content (AvgIpc) is 2.40. The van der Waals surface area contributed by atoms with Gasteiger partial charge in [0, 0.05) is 20.6 Å². The highest BCUT2D eigenvalue weighted by atomic mass is 79.9. The molecule has 2 aromatic carbocycles. The van der Waals surface area contributed by atoms with Gasteiger partial charge in [-0.2, -0.15) is 0 Å². The summed E-state index contributed by atoms with van der Waals surface area (Å²) in [5.74, 6) is 0.183. The van der Waals surface area contributed by atoms with Gasteiger partial charge in [-0.1, -0.05) is 27.5 Å². The third kappa shape index (κ3) is 3.72. The molecule has 0 fully saturated rings. The second kappa shape index (κ2) is 6.57. The zero-order valence-electron chi connectivity index (χ0n) is 10.7. The molecule has 1 N–H and O–H groups in total. The molecule has 0 aromatic heterocycles. The second-order valence-corrected chi connectivity index (χ2v) is 5.71. The Kier molecular flexibility index (Phi) is 5.02. The first-order valence-corrected chi connectivity index (χ1v) is 7.18. The molecule has 0 amide bonds. The van der Waals surface area contributed by atoms with Crippen LogP contribution in [0.2, 0.25) is 5.02 Å². The molecule has 2 aromatic rings. The van der Waals surface area contributed by atoms with Gasteiger partial charge in [-0.05, 0) is 43.3 Å². The van der Waals surface area contributed by atoms with E-state index in [0.717, 1.165) is 4.47 Å². The molecular formula is C15H13BrClFO2. The maximum atomic E-state index is 13.2. The van der Waals surface area contributed by atoms with E-state index in [1.165, 1.54) is 18.2 Å². The number of rotatable bonds is 4. The van der Waals surface area contributed by atoms with Crippen molar-refractivity contribution in [2.24, 2.45) is 0 Å². The van der Waals surface area contributed by atoms with E-state index in [9.17, 15) is 9.50 Å². The molecule has 1 atom stereocenters. The largest absolute Gasteiger partial charge is 0.488 e. The van der Waals surface area contributed by atoms with Crippen molar-refractivity contribution in [3.05, 3.63) is 62.8 Å². The van der Waals surface area contributed by atoms with Crippen molar-refractivity contribution in [3.63, 3.8) is 0 Å². The molecule has 2 nitrogen and oxygen atoms in total. The Morgan fingerprint density at radius 1 is 1.30 bits per heavy atom. The zero-order chi connectivity index (χ0) is 14.7. The number of ether oxygens (including phenoxy) is 1. The summed E-state index contributed by atoms with van der Waals surface area (Å²) in [5.41, 5.74) is 1.22. The molecule has 0 aliphatic heterocycles. The zero-order valence-corrected chi connectivity index (χ0v) is 13.1. The number of aliphatic hydroxyl groups is 1. The Morgan fingerprint density at radius 3 is 2.75 bits per heavy atom. The molecule has 20 heavy (non-hydrogen) atoms. The molecule has 0 aliphatic rings. The summed E-state index contributed by atoms with van der Waals surface area (Å²) in [6.45, 7) is 1.79. The van der Waals surface area contributed by atoms with Crippen LogP contribution in [0.15, 0.2) is 40.9 Å². The second-order valence-electron chi connectivity index (χ2n) is 4.38. The molecule has 0 aliphatic carbocycles. The summed E-state index contributed by atoms with van der Waals surface area (Å²) in [5, 5.41) is 10.2. The number of benzene rings is 2. The van der Waals surface area contributed by atoms with E-state index >= 15 is 0 Å². The minimum absolute atomic E-state index is 0.137. The molecule has 0 radical (unpaired) electrons. The lowest BCUT2D eigenvalue weighted by Crippen LogP contribution is -2.02. The van der Waals surface area contributed by atoms with Gasteiger partial charge in [-0.3, -0.25) is 0 Å². The van der Waals surface area contributed by atoms with Gasteiger partial charge >= 0.3 is 0 Å². The first kappa shape index (κ1) is 15.3. The highest BCUT2D eigenvalue weighted by Crippen LogP contribution is 2.29. The third-order valence-electron chi connectivity index (χ3n) is 2.81. The van der Waals surface area contributed by atoms with Gasteiger partial charge in [-0.15, -0.1) is 0 Å². The number of aliphatic hydroxyl groups excluding tert-OH is 1. The molecule has 0 saturated heterocycles. The van der Waals surface area contributed by atoms with Crippen LogP contribution in [-0.2, 0) is 6.61 Å². The lowest BCUT2D eigenvalue weighted by atomic mass is 10.1. The molecule has 0 bridgehead atoms. The monoisotopic (exact) mass is 358 g/mol. The fraction of sp³-hybridized carbons (Fsp3) is 0.200. The van der Waals surface area contributed by atoms with Crippen LogP contribution >= 0.6 is 27.5 Å². The van der Waals surface area contributed by atoms with Crippen molar-refractivity contribution in [1.82, 2.24) is 0 Å². The van der Waals surface area contributed by atoms with Gasteiger partial charge in [-0.25, -0.2) is 4.39 Å². The van der Waals surface area contributed by atoms with E-state index in [0.29, 0.717) is 21.9 Å². The van der Waals surface area contributed by atoms with Gasteiger partial charge < -0.3 is 9.84 Å². The van der Waals surface area contributed by atoms with E-state index in [4.69, 9.17) is 16.3 Å². The molecule has 2 rings (SSSR count). The van der Waals surface area contributed by atoms with Gasteiger partial charge in [0.25, 0.3) is 0 Å². The third-order valence-corrected chi connectivity index (χ3v) is 3.67. The predicted octanol–water partition coefficient (Wildman–Crippen LogP) is 4.87. The van der Waals surface area contributed by atoms with Crippen LogP contribution in [-0.4, -0.2) is 5.11 Å². The fourth-order valence-electron chi connectivity index (χ4n) is 1.79. The van der Waals surface area contributed by atoms with Crippen LogP contribution in [0.5, 0.6) is 5.75 Å². The Morgan fingerprint density at radius 2 is 2.05 bits per heavy atom. The number of hydrogen-bond donors (Lipinski definition) is 1. The first-order chi connectivity index (χ1) is 9.47. The lowest BCUT2D eigenvalue weighted by Gasteiger charge is -2.14. The number of hydrogen-bond acceptors (Lipinski definition) is 2. The topological polar surface area (TPSA) is 29.5 Å². The Hall–Kier alpha value is -1.10. The summed E-state index contributed by atoms with van der Waals surface area (Å²) in [4.78, 5) is 0. The Labute approximate surface area is 130 Å². The van der Waals surface area contributed by atoms with Crippen molar-refractivity contribution < 1.29 is 14.2 Å². The van der Waals surface area contributed by atoms with Crippen LogP contribution < -0.4 is 4.74 Å². The first-order valence-electron chi connectivity index (χ1n) is 6.01. The van der Waals surface area contributed by atoms with E-state index in [2.05, 4.69) is 15.9 Å². The fourth-order valence-corrected chi connectivity index (χ4v) is 2.34. The predicted molar refractivity (Wildman–Crippen MR) is 80.5 cm³/mol. The van der Waals surface area contributed by atoms with E-state index in [1.807, 2.05) is 6.07 Å². The summed E-state index contributed by atoms with van der Waals surface area (Å²) in [7, 11) is 0. The lowest BCUT2D eigenvalue weighted by molar-refractivity contribution is 0.190. The molecule has 0 unspecified atom stereocenters. The molecule has 0 spiro atoms.